The van der Waals surface area contributed by atoms with E-state index in [1.165, 1.54) is 0 Å². The van der Waals surface area contributed by atoms with Crippen LogP contribution in [0.3, 0.4) is 0 Å². The molecule has 0 atom stereocenters. The van der Waals surface area contributed by atoms with Crippen molar-refractivity contribution in [3.63, 3.8) is 0 Å². The van der Waals surface area contributed by atoms with Gasteiger partial charge in [-0.05, 0) is 60.4 Å². The molecule has 0 spiro atoms. The van der Waals surface area contributed by atoms with E-state index < -0.39 is 43.3 Å². The van der Waals surface area contributed by atoms with Crippen molar-refractivity contribution in [1.82, 2.24) is 5.32 Å². The molecular weight excluding hydrogens is 464 g/mol. The third-order valence-electron chi connectivity index (χ3n) is 5.65. The number of hydrogen-bond donors (Lipinski definition) is 1. The maximum atomic E-state index is 13.0. The van der Waals surface area contributed by atoms with E-state index in [0.717, 1.165) is 11.3 Å². The Bertz CT molecular complexity index is 944. The van der Waals surface area contributed by atoms with Gasteiger partial charge in [0.1, 0.15) is 5.75 Å². The Morgan fingerprint density at radius 2 is 1.36 bits per heavy atom. The maximum Gasteiger partial charge on any atom is 0.416 e. The van der Waals surface area contributed by atoms with Crippen molar-refractivity contribution in [3.8, 4) is 5.75 Å². The van der Waals surface area contributed by atoms with E-state index in [0.29, 0.717) is 18.6 Å². The van der Waals surface area contributed by atoms with E-state index in [9.17, 15) is 31.1 Å². The van der Waals surface area contributed by atoms with Crippen LogP contribution in [0.4, 0.5) is 26.3 Å². The minimum Gasteiger partial charge on any atom is -0.544 e. The van der Waals surface area contributed by atoms with Gasteiger partial charge >= 0.3 is 12.4 Å². The number of carbonyl (C=O) groups excluding carboxylic acids is 1. The second kappa shape index (κ2) is 9.40. The number of halogens is 6. The fraction of sp³-hybridized carbons (Fsp3) is 0.435. The predicted molar refractivity (Wildman–Crippen MR) is 117 cm³/mol. The minimum atomic E-state index is -5.01. The molecule has 2 aromatic rings. The smallest absolute Gasteiger partial charge is 0.416 e. The predicted octanol–water partition coefficient (Wildman–Crippen LogP) is 7.08. The third kappa shape index (κ3) is 7.25. The highest BCUT2D eigenvalue weighted by Gasteiger charge is 2.39. The number of carbonyl (C=O) groups is 1. The average molecular weight is 492 g/mol. The van der Waals surface area contributed by atoms with Gasteiger partial charge in [0.2, 0.25) is 8.32 Å². The molecule has 0 aliphatic rings. The third-order valence-corrected chi connectivity index (χ3v) is 10.0. The Morgan fingerprint density at radius 3 is 1.79 bits per heavy atom. The van der Waals surface area contributed by atoms with Crippen molar-refractivity contribution in [2.75, 3.05) is 6.54 Å². The van der Waals surface area contributed by atoms with E-state index >= 15 is 0 Å². The first-order chi connectivity index (χ1) is 14.9. The molecule has 0 saturated carbocycles. The lowest BCUT2D eigenvalue weighted by Gasteiger charge is -2.36. The molecule has 1 N–H and O–H groups in total. The summed E-state index contributed by atoms with van der Waals surface area (Å²) in [5.41, 5.74) is -2.92. The van der Waals surface area contributed by atoms with Crippen LogP contribution >= 0.6 is 0 Å². The Kier molecular flexibility index (Phi) is 7.62. The van der Waals surface area contributed by atoms with Gasteiger partial charge in [-0.2, -0.15) is 26.3 Å². The number of alkyl halides is 6. The van der Waals surface area contributed by atoms with E-state index in [2.05, 4.69) is 39.2 Å². The first-order valence-electron chi connectivity index (χ1n) is 10.3. The monoisotopic (exact) mass is 491 g/mol. The molecule has 0 aliphatic carbocycles. The fourth-order valence-corrected chi connectivity index (χ4v) is 3.71. The van der Waals surface area contributed by atoms with E-state index in [4.69, 9.17) is 4.43 Å². The summed E-state index contributed by atoms with van der Waals surface area (Å²) in [5.74, 6) is -0.289. The van der Waals surface area contributed by atoms with Crippen LogP contribution in [0.2, 0.25) is 18.1 Å². The molecule has 3 nitrogen and oxygen atoms in total. The second-order valence-corrected chi connectivity index (χ2v) is 14.0. The summed E-state index contributed by atoms with van der Waals surface area (Å²) in [6.45, 7) is 10.6. The van der Waals surface area contributed by atoms with E-state index in [1.54, 1.807) is 24.3 Å². The molecule has 0 aliphatic heterocycles. The van der Waals surface area contributed by atoms with Crippen molar-refractivity contribution < 1.29 is 35.6 Å². The first kappa shape index (κ1) is 26.8. The number of nitrogens with one attached hydrogen (secondary N) is 1. The van der Waals surface area contributed by atoms with E-state index in [-0.39, 0.29) is 17.6 Å². The lowest BCUT2D eigenvalue weighted by Crippen LogP contribution is -2.43. The van der Waals surface area contributed by atoms with Crippen molar-refractivity contribution in [2.45, 2.75) is 57.7 Å². The van der Waals surface area contributed by atoms with Crippen LogP contribution < -0.4 is 9.74 Å². The number of rotatable bonds is 6. The van der Waals surface area contributed by atoms with Crippen LogP contribution in [0.15, 0.2) is 42.5 Å². The lowest BCUT2D eigenvalue weighted by molar-refractivity contribution is -0.143. The Morgan fingerprint density at radius 1 is 0.879 bits per heavy atom. The normalized spacial score (nSPS) is 13.1. The standard InChI is InChI=1S/C23H27F6NO2Si/c1-21(2,3)33(4,5)32-19-8-6-15(7-9-19)10-11-30-20(31)16-12-17(22(24,25)26)14-18(13-16)23(27,28)29/h6-9,12-14H,10-11H2,1-5H3,(H,30,31). The molecular formula is C23H27F6NO2Si. The molecule has 2 aromatic carbocycles. The summed E-state index contributed by atoms with van der Waals surface area (Å²) in [6.07, 6.45) is -9.67. The summed E-state index contributed by atoms with van der Waals surface area (Å²) < 4.78 is 84.0. The highest BCUT2D eigenvalue weighted by Crippen LogP contribution is 2.38. The maximum absolute atomic E-state index is 13.0. The Hall–Kier alpha value is -2.49. The number of hydrogen-bond acceptors (Lipinski definition) is 2. The van der Waals surface area contributed by atoms with Crippen LogP contribution in [0.5, 0.6) is 5.75 Å². The summed E-state index contributed by atoms with van der Waals surface area (Å²) in [4.78, 5) is 12.2. The zero-order chi connectivity index (χ0) is 25.2. The first-order valence-corrected chi connectivity index (χ1v) is 13.2. The van der Waals surface area contributed by atoms with Crippen LogP contribution in [0, 0.1) is 0 Å². The zero-order valence-electron chi connectivity index (χ0n) is 19.0. The molecule has 1 amide bonds. The van der Waals surface area contributed by atoms with Gasteiger partial charge in [-0.15, -0.1) is 0 Å². The fourth-order valence-electron chi connectivity index (χ4n) is 2.68. The molecule has 2 rings (SSSR count). The zero-order valence-corrected chi connectivity index (χ0v) is 20.0. The molecule has 0 radical (unpaired) electrons. The molecule has 0 aromatic heterocycles. The Balaban J connectivity index is 2.04. The average Bonchev–Trinajstić information content (AvgIpc) is 2.66. The van der Waals surface area contributed by atoms with Crippen molar-refractivity contribution in [3.05, 3.63) is 64.7 Å². The van der Waals surface area contributed by atoms with Gasteiger partial charge in [-0.3, -0.25) is 4.79 Å². The Labute approximate surface area is 190 Å². The van der Waals surface area contributed by atoms with Crippen LogP contribution in [0.25, 0.3) is 0 Å². The quantitative estimate of drug-likeness (QED) is 0.346. The van der Waals surface area contributed by atoms with Crippen LogP contribution in [-0.4, -0.2) is 20.8 Å². The molecule has 182 valence electrons. The highest BCUT2D eigenvalue weighted by molar-refractivity contribution is 6.74. The van der Waals surface area contributed by atoms with Crippen molar-refractivity contribution in [2.24, 2.45) is 0 Å². The van der Waals surface area contributed by atoms with Crippen molar-refractivity contribution in [1.29, 1.82) is 0 Å². The highest BCUT2D eigenvalue weighted by atomic mass is 28.4. The SMILES string of the molecule is CC(C)(C)[Si](C)(C)Oc1ccc(CCNC(=O)c2cc(C(F)(F)F)cc(C(F)(F)F)c2)cc1. The van der Waals surface area contributed by atoms with Crippen molar-refractivity contribution >= 4 is 14.2 Å². The minimum absolute atomic E-state index is 0.00971. The molecule has 0 heterocycles. The summed E-state index contributed by atoms with van der Waals surface area (Å²) in [7, 11) is -1.99. The van der Waals surface area contributed by atoms with Gasteiger partial charge in [0.05, 0.1) is 11.1 Å². The molecule has 0 fully saturated rings. The van der Waals surface area contributed by atoms with Crippen LogP contribution in [0.1, 0.15) is 47.8 Å². The van der Waals surface area contributed by atoms with Gasteiger partial charge in [-0.1, -0.05) is 32.9 Å². The van der Waals surface area contributed by atoms with Gasteiger partial charge in [-0.25, -0.2) is 0 Å². The molecule has 10 heteroatoms. The van der Waals surface area contributed by atoms with Gasteiger partial charge in [0.25, 0.3) is 5.91 Å². The van der Waals surface area contributed by atoms with Gasteiger partial charge < -0.3 is 9.74 Å². The van der Waals surface area contributed by atoms with Gasteiger partial charge in [0, 0.05) is 12.1 Å². The number of benzene rings is 2. The summed E-state index contributed by atoms with van der Waals surface area (Å²) in [6, 6.07) is 8.04. The molecule has 33 heavy (non-hydrogen) atoms. The van der Waals surface area contributed by atoms with E-state index in [1.807, 2.05) is 0 Å². The number of amides is 1. The lowest BCUT2D eigenvalue weighted by atomic mass is 10.0. The second-order valence-electron chi connectivity index (χ2n) is 9.31. The largest absolute Gasteiger partial charge is 0.544 e. The topological polar surface area (TPSA) is 38.3 Å². The van der Waals surface area contributed by atoms with Crippen LogP contribution in [-0.2, 0) is 18.8 Å². The summed E-state index contributed by atoms with van der Waals surface area (Å²) >= 11 is 0. The molecule has 0 unspecified atom stereocenters. The summed E-state index contributed by atoms with van der Waals surface area (Å²) in [5, 5.41) is 2.41. The van der Waals surface area contributed by atoms with Gasteiger partial charge in [0.15, 0.2) is 0 Å². The molecule has 0 saturated heterocycles. The molecule has 0 bridgehead atoms.